The van der Waals surface area contributed by atoms with Gasteiger partial charge in [-0.2, -0.15) is 0 Å². The van der Waals surface area contributed by atoms with Gasteiger partial charge in [-0.1, -0.05) is 24.9 Å². The van der Waals surface area contributed by atoms with Crippen LogP contribution in [0.15, 0.2) is 44.8 Å². The van der Waals surface area contributed by atoms with E-state index >= 15 is 4.39 Å². The van der Waals surface area contributed by atoms with Crippen molar-refractivity contribution in [1.29, 1.82) is 0 Å². The summed E-state index contributed by atoms with van der Waals surface area (Å²) in [5, 5.41) is 0.490. The van der Waals surface area contributed by atoms with E-state index in [1.807, 2.05) is 0 Å². The Kier molecular flexibility index (Phi) is 7.23. The highest BCUT2D eigenvalue weighted by Crippen LogP contribution is 2.29. The molecule has 6 nitrogen and oxygen atoms in total. The number of sulfone groups is 1. The van der Waals surface area contributed by atoms with Crippen LogP contribution in [0, 0.1) is 5.82 Å². The lowest BCUT2D eigenvalue weighted by atomic mass is 10.1. The average molecular weight is 557 g/mol. The largest absolute Gasteiger partial charge is 0.299 e. The predicted octanol–water partition coefficient (Wildman–Crippen LogP) is 4.78. The minimum atomic E-state index is -3.52. The molecule has 0 bridgehead atoms. The Labute approximate surface area is 205 Å². The second kappa shape index (κ2) is 9.82. The molecule has 1 aliphatic heterocycles. The van der Waals surface area contributed by atoms with Gasteiger partial charge in [-0.15, -0.1) is 0 Å². The summed E-state index contributed by atoms with van der Waals surface area (Å²) in [6, 6.07) is 5.70. The van der Waals surface area contributed by atoms with Crippen LogP contribution < -0.4 is 5.56 Å². The van der Waals surface area contributed by atoms with Crippen LogP contribution in [-0.2, 0) is 22.9 Å². The maximum absolute atomic E-state index is 15.1. The first-order valence-electron chi connectivity index (χ1n) is 10.8. The molecular formula is C23H24BrClFN3O3S. The van der Waals surface area contributed by atoms with E-state index in [2.05, 4.69) is 25.8 Å². The van der Waals surface area contributed by atoms with Crippen LogP contribution in [-0.4, -0.2) is 41.7 Å². The number of piperidine rings is 1. The molecule has 4 rings (SSSR count). The summed E-state index contributed by atoms with van der Waals surface area (Å²) >= 11 is 9.56. The Bertz CT molecular complexity index is 1370. The smallest absolute Gasteiger partial charge is 0.261 e. The molecule has 33 heavy (non-hydrogen) atoms. The first-order valence-corrected chi connectivity index (χ1v) is 13.6. The number of halogens is 3. The topological polar surface area (TPSA) is 72.3 Å². The summed E-state index contributed by atoms with van der Waals surface area (Å²) in [6.07, 6.45) is 4.73. The Balaban J connectivity index is 1.75. The molecular weight excluding hydrogens is 533 g/mol. The fourth-order valence-electron chi connectivity index (χ4n) is 4.18. The van der Waals surface area contributed by atoms with Gasteiger partial charge in [0.05, 0.1) is 38.9 Å². The van der Waals surface area contributed by atoms with Crippen molar-refractivity contribution in [2.75, 3.05) is 18.8 Å². The van der Waals surface area contributed by atoms with Crippen molar-refractivity contribution < 1.29 is 12.8 Å². The number of fused-ring (bicyclic) bond motifs is 1. The fraction of sp³-hybridized carbons (Fsp3) is 0.391. The lowest BCUT2D eigenvalue weighted by Crippen LogP contribution is -2.30. The molecule has 1 saturated heterocycles. The van der Waals surface area contributed by atoms with E-state index in [9.17, 15) is 13.2 Å². The van der Waals surface area contributed by atoms with Crippen LogP contribution in [0.5, 0.6) is 0 Å². The van der Waals surface area contributed by atoms with Crippen LogP contribution in [0.4, 0.5) is 4.39 Å². The van der Waals surface area contributed by atoms with Gasteiger partial charge in [0, 0.05) is 17.1 Å². The van der Waals surface area contributed by atoms with Crippen LogP contribution in [0.25, 0.3) is 10.9 Å². The predicted molar refractivity (Wildman–Crippen MR) is 131 cm³/mol. The van der Waals surface area contributed by atoms with Gasteiger partial charge in [0.15, 0.2) is 9.84 Å². The molecule has 0 saturated carbocycles. The zero-order valence-electron chi connectivity index (χ0n) is 18.2. The quantitative estimate of drug-likeness (QED) is 0.437. The van der Waals surface area contributed by atoms with Crippen molar-refractivity contribution in [3.05, 3.63) is 67.4 Å². The minimum absolute atomic E-state index is 0.0499. The van der Waals surface area contributed by atoms with Crippen molar-refractivity contribution in [1.82, 2.24) is 14.5 Å². The van der Waals surface area contributed by atoms with E-state index < -0.39 is 21.2 Å². The first kappa shape index (κ1) is 24.3. The molecule has 3 aromatic rings. The highest BCUT2D eigenvalue weighted by molar-refractivity contribution is 9.10. The lowest BCUT2D eigenvalue weighted by Gasteiger charge is -2.27. The summed E-state index contributed by atoms with van der Waals surface area (Å²) in [5.41, 5.74) is 0.801. The number of hydrogen-bond acceptors (Lipinski definition) is 5. The van der Waals surface area contributed by atoms with Gasteiger partial charge in [-0.3, -0.25) is 14.3 Å². The molecule has 1 fully saturated rings. The molecule has 2 aromatic carbocycles. The van der Waals surface area contributed by atoms with Gasteiger partial charge in [0.25, 0.3) is 5.56 Å². The monoisotopic (exact) mass is 555 g/mol. The standard InChI is InChI=1S/C23H24BrClFN3O3S/c1-2-33(31,32)20-7-6-16(25)10-15(20)12-29-14-27-22-17(23(29)30)11-19(26)18(21(22)24)13-28-8-4-3-5-9-28/h6-7,10-11,14H,2-5,8-9,12-13H2,1H3. The molecule has 2 heterocycles. The van der Waals surface area contributed by atoms with Gasteiger partial charge >= 0.3 is 0 Å². The highest BCUT2D eigenvalue weighted by atomic mass is 79.9. The second-order valence-corrected chi connectivity index (χ2v) is 11.7. The van der Waals surface area contributed by atoms with E-state index in [-0.39, 0.29) is 22.6 Å². The molecule has 0 unspecified atom stereocenters. The van der Waals surface area contributed by atoms with Gasteiger partial charge < -0.3 is 0 Å². The summed E-state index contributed by atoms with van der Waals surface area (Å²) in [7, 11) is -3.52. The van der Waals surface area contributed by atoms with Gasteiger partial charge in [-0.05, 0) is 71.7 Å². The SMILES string of the molecule is CCS(=O)(=O)c1ccc(Cl)cc1Cn1cnc2c(Br)c(CN3CCCCC3)c(F)cc2c1=O. The maximum atomic E-state index is 15.1. The van der Waals surface area contributed by atoms with E-state index in [4.69, 9.17) is 11.6 Å². The number of nitrogens with zero attached hydrogens (tertiary/aromatic N) is 3. The summed E-state index contributed by atoms with van der Waals surface area (Å²) in [5.74, 6) is -0.543. The molecule has 176 valence electrons. The molecule has 10 heteroatoms. The average Bonchev–Trinajstić information content (AvgIpc) is 2.79. The maximum Gasteiger partial charge on any atom is 0.261 e. The number of rotatable bonds is 6. The van der Waals surface area contributed by atoms with Gasteiger partial charge in [-0.25, -0.2) is 17.8 Å². The first-order chi connectivity index (χ1) is 15.7. The third-order valence-corrected chi connectivity index (χ3v) is 8.93. The molecule has 0 atom stereocenters. The van der Waals surface area contributed by atoms with Crippen LogP contribution in [0.1, 0.15) is 37.3 Å². The molecule has 0 spiro atoms. The molecule has 0 amide bonds. The fourth-order valence-corrected chi connectivity index (χ4v) is 6.12. The Morgan fingerprint density at radius 2 is 1.88 bits per heavy atom. The van der Waals surface area contributed by atoms with Crippen LogP contribution in [0.2, 0.25) is 5.02 Å². The van der Waals surface area contributed by atoms with Crippen molar-refractivity contribution in [2.24, 2.45) is 0 Å². The van der Waals surface area contributed by atoms with E-state index in [0.29, 0.717) is 32.7 Å². The van der Waals surface area contributed by atoms with E-state index in [0.717, 1.165) is 25.9 Å². The van der Waals surface area contributed by atoms with Crippen LogP contribution >= 0.6 is 27.5 Å². The summed E-state index contributed by atoms with van der Waals surface area (Å²) in [6.45, 7) is 3.79. The zero-order chi connectivity index (χ0) is 23.8. The number of benzene rings is 2. The Hall–Kier alpha value is -1.81. The highest BCUT2D eigenvalue weighted by Gasteiger charge is 2.21. The van der Waals surface area contributed by atoms with Crippen LogP contribution in [0.3, 0.4) is 0 Å². The van der Waals surface area contributed by atoms with Crippen molar-refractivity contribution in [2.45, 2.75) is 44.2 Å². The van der Waals surface area contributed by atoms with E-state index in [1.54, 1.807) is 6.92 Å². The Morgan fingerprint density at radius 1 is 1.15 bits per heavy atom. The zero-order valence-corrected chi connectivity index (χ0v) is 21.3. The molecule has 0 radical (unpaired) electrons. The third-order valence-electron chi connectivity index (χ3n) is 6.01. The normalized spacial score (nSPS) is 15.3. The molecule has 0 aliphatic carbocycles. The molecule has 1 aromatic heterocycles. The van der Waals surface area contributed by atoms with E-state index in [1.165, 1.54) is 41.6 Å². The minimum Gasteiger partial charge on any atom is -0.299 e. The summed E-state index contributed by atoms with van der Waals surface area (Å²) < 4.78 is 41.8. The number of hydrogen-bond donors (Lipinski definition) is 0. The van der Waals surface area contributed by atoms with Gasteiger partial charge in [0.1, 0.15) is 5.82 Å². The van der Waals surface area contributed by atoms with Crippen molar-refractivity contribution >= 4 is 48.3 Å². The third kappa shape index (κ3) is 5.01. The Morgan fingerprint density at radius 3 is 2.58 bits per heavy atom. The molecule has 1 aliphatic rings. The summed E-state index contributed by atoms with van der Waals surface area (Å²) in [4.78, 5) is 19.9. The van der Waals surface area contributed by atoms with Crippen molar-refractivity contribution in [3.8, 4) is 0 Å². The lowest BCUT2D eigenvalue weighted by molar-refractivity contribution is 0.218. The second-order valence-electron chi connectivity index (χ2n) is 8.22. The number of aromatic nitrogens is 2. The van der Waals surface area contributed by atoms with Gasteiger partial charge in [0.2, 0.25) is 0 Å². The number of likely N-dealkylation sites (tertiary alicyclic amines) is 1. The van der Waals surface area contributed by atoms with Crippen molar-refractivity contribution in [3.63, 3.8) is 0 Å². The molecule has 0 N–H and O–H groups in total.